The Bertz CT molecular complexity index is 1410. The number of carbonyl (C=O) groups excluding carboxylic acids is 1. The largest absolute Gasteiger partial charge is 0.497 e. The summed E-state index contributed by atoms with van der Waals surface area (Å²) < 4.78 is 16.9. The topological polar surface area (TPSA) is 69.0 Å². The first-order valence-corrected chi connectivity index (χ1v) is 11.3. The van der Waals surface area contributed by atoms with Gasteiger partial charge >= 0.3 is 0 Å². The Kier molecular flexibility index (Phi) is 5.80. The lowest BCUT2D eigenvalue weighted by molar-refractivity contribution is 0.0730. The Balaban J connectivity index is 1.59. The molecule has 1 amide bonds. The minimum Gasteiger partial charge on any atom is -0.497 e. The van der Waals surface area contributed by atoms with Crippen LogP contribution in [0.4, 0.5) is 0 Å². The average Bonchev–Trinajstić information content (AvgIpc) is 3.15. The first-order chi connectivity index (χ1) is 16.6. The molecule has 0 bridgehead atoms. The van der Waals surface area contributed by atoms with Crippen molar-refractivity contribution in [1.29, 1.82) is 0 Å². The Morgan fingerprint density at radius 3 is 2.50 bits per heavy atom. The lowest BCUT2D eigenvalue weighted by atomic mass is 9.98. The Morgan fingerprint density at radius 1 is 0.941 bits per heavy atom. The summed E-state index contributed by atoms with van der Waals surface area (Å²) in [6.45, 7) is 2.87. The highest BCUT2D eigenvalue weighted by Gasteiger charge is 2.42. The predicted octanol–water partition coefficient (Wildman–Crippen LogP) is 4.99. The highest BCUT2D eigenvalue weighted by atomic mass is 16.5. The summed E-state index contributed by atoms with van der Waals surface area (Å²) in [4.78, 5) is 28.8. The van der Waals surface area contributed by atoms with Crippen LogP contribution in [0.5, 0.6) is 11.5 Å². The number of hydrogen-bond donors (Lipinski definition) is 0. The van der Waals surface area contributed by atoms with Crippen molar-refractivity contribution in [3.8, 4) is 11.5 Å². The van der Waals surface area contributed by atoms with Crippen molar-refractivity contribution in [3.05, 3.63) is 105 Å². The minimum atomic E-state index is -0.554. The van der Waals surface area contributed by atoms with Gasteiger partial charge in [0.05, 0.1) is 30.7 Å². The monoisotopic (exact) mass is 455 g/mol. The van der Waals surface area contributed by atoms with Gasteiger partial charge in [0, 0.05) is 6.54 Å². The minimum absolute atomic E-state index is 0.116. The molecule has 0 saturated heterocycles. The zero-order chi connectivity index (χ0) is 23.7. The maximum absolute atomic E-state index is 13.6. The van der Waals surface area contributed by atoms with Gasteiger partial charge in [0.25, 0.3) is 5.91 Å². The van der Waals surface area contributed by atoms with Gasteiger partial charge in [-0.05, 0) is 60.9 Å². The van der Waals surface area contributed by atoms with Gasteiger partial charge in [-0.25, -0.2) is 0 Å². The van der Waals surface area contributed by atoms with Gasteiger partial charge in [0.1, 0.15) is 17.1 Å². The maximum Gasteiger partial charge on any atom is 0.290 e. The van der Waals surface area contributed by atoms with Crippen LogP contribution in [-0.4, -0.2) is 31.1 Å². The molecule has 172 valence electrons. The van der Waals surface area contributed by atoms with Gasteiger partial charge in [-0.1, -0.05) is 36.4 Å². The van der Waals surface area contributed by atoms with E-state index in [0.29, 0.717) is 41.9 Å². The summed E-state index contributed by atoms with van der Waals surface area (Å²) in [6, 6.07) is 21.8. The van der Waals surface area contributed by atoms with Crippen LogP contribution in [0.25, 0.3) is 11.0 Å². The lowest BCUT2D eigenvalue weighted by Crippen LogP contribution is -2.31. The summed E-state index contributed by atoms with van der Waals surface area (Å²) in [5.74, 6) is 1.31. The molecule has 6 heteroatoms. The molecule has 2 heterocycles. The fraction of sp³-hybridized carbons (Fsp3) is 0.214. The molecule has 0 unspecified atom stereocenters. The number of amides is 1. The van der Waals surface area contributed by atoms with E-state index < -0.39 is 6.04 Å². The predicted molar refractivity (Wildman–Crippen MR) is 130 cm³/mol. The van der Waals surface area contributed by atoms with Gasteiger partial charge in [0.2, 0.25) is 5.76 Å². The molecule has 34 heavy (non-hydrogen) atoms. The molecule has 4 aromatic rings. The molecule has 0 saturated carbocycles. The Hall–Kier alpha value is -4.06. The second-order valence-corrected chi connectivity index (χ2v) is 8.17. The van der Waals surface area contributed by atoms with E-state index in [1.54, 1.807) is 36.3 Å². The molecular formula is C28H25NO5. The zero-order valence-corrected chi connectivity index (χ0v) is 19.1. The van der Waals surface area contributed by atoms with E-state index in [2.05, 4.69) is 0 Å². The van der Waals surface area contributed by atoms with Crippen molar-refractivity contribution >= 4 is 16.9 Å². The van der Waals surface area contributed by atoms with Gasteiger partial charge < -0.3 is 18.8 Å². The first kappa shape index (κ1) is 21.8. The molecule has 6 nitrogen and oxygen atoms in total. The number of hydrogen-bond acceptors (Lipinski definition) is 5. The highest BCUT2D eigenvalue weighted by Crippen LogP contribution is 2.39. The van der Waals surface area contributed by atoms with E-state index in [-0.39, 0.29) is 17.1 Å². The quantitative estimate of drug-likeness (QED) is 0.393. The number of benzene rings is 3. The molecule has 0 aliphatic carbocycles. The van der Waals surface area contributed by atoms with Crippen LogP contribution in [0.2, 0.25) is 0 Å². The fourth-order valence-corrected chi connectivity index (χ4v) is 4.53. The van der Waals surface area contributed by atoms with E-state index in [0.717, 1.165) is 16.9 Å². The van der Waals surface area contributed by atoms with E-state index in [9.17, 15) is 9.59 Å². The number of ether oxygens (including phenoxy) is 2. The number of carbonyl (C=O) groups is 1. The third-order valence-corrected chi connectivity index (χ3v) is 6.16. The third-order valence-electron chi connectivity index (χ3n) is 6.16. The lowest BCUT2D eigenvalue weighted by Gasteiger charge is -2.25. The van der Waals surface area contributed by atoms with Crippen molar-refractivity contribution in [2.24, 2.45) is 0 Å². The molecule has 1 atom stereocenters. The molecule has 0 fully saturated rings. The van der Waals surface area contributed by atoms with E-state index >= 15 is 0 Å². The molecule has 1 aliphatic heterocycles. The van der Waals surface area contributed by atoms with Crippen molar-refractivity contribution in [2.45, 2.75) is 19.4 Å². The molecule has 3 aromatic carbocycles. The van der Waals surface area contributed by atoms with Crippen molar-refractivity contribution in [3.63, 3.8) is 0 Å². The van der Waals surface area contributed by atoms with Crippen molar-refractivity contribution in [2.75, 3.05) is 20.3 Å². The van der Waals surface area contributed by atoms with Crippen LogP contribution >= 0.6 is 0 Å². The van der Waals surface area contributed by atoms with Crippen LogP contribution in [-0.2, 0) is 6.42 Å². The van der Waals surface area contributed by atoms with E-state index in [4.69, 9.17) is 13.9 Å². The van der Waals surface area contributed by atoms with Crippen molar-refractivity contribution in [1.82, 2.24) is 4.90 Å². The van der Waals surface area contributed by atoms with Crippen LogP contribution < -0.4 is 14.9 Å². The Morgan fingerprint density at radius 2 is 1.74 bits per heavy atom. The SMILES string of the molecule is CCOc1cccc([C@@H]2c3c(oc4ccccc4c3=O)C(=O)N2CCc2ccc(OC)cc2)c1. The molecule has 0 N–H and O–H groups in total. The number of nitrogens with zero attached hydrogens (tertiary/aromatic N) is 1. The Labute approximate surface area is 197 Å². The van der Waals surface area contributed by atoms with Gasteiger partial charge in [0.15, 0.2) is 5.43 Å². The number of para-hydroxylation sites is 1. The van der Waals surface area contributed by atoms with Gasteiger partial charge in [-0.3, -0.25) is 9.59 Å². The third kappa shape index (κ3) is 3.81. The van der Waals surface area contributed by atoms with Gasteiger partial charge in [-0.15, -0.1) is 0 Å². The van der Waals surface area contributed by atoms with Crippen LogP contribution in [0, 0.1) is 0 Å². The number of rotatable bonds is 7. The van der Waals surface area contributed by atoms with Crippen LogP contribution in [0.3, 0.4) is 0 Å². The standard InChI is InChI=1S/C28H25NO5/c1-3-33-21-8-6-7-19(17-21)25-24-26(30)22-9-4-5-10-23(22)34-27(24)28(31)29(25)16-15-18-11-13-20(32-2)14-12-18/h4-14,17,25H,3,15-16H2,1-2H3/t25-/m1/s1. The first-order valence-electron chi connectivity index (χ1n) is 11.3. The van der Waals surface area contributed by atoms with Crippen LogP contribution in [0.15, 0.2) is 82.0 Å². The van der Waals surface area contributed by atoms with E-state index in [1.807, 2.05) is 55.5 Å². The molecule has 1 aliphatic rings. The molecule has 0 radical (unpaired) electrons. The molecule has 5 rings (SSSR count). The summed E-state index contributed by atoms with van der Waals surface area (Å²) in [5.41, 5.74) is 2.50. The normalized spacial score (nSPS) is 14.9. The number of methoxy groups -OCH3 is 1. The summed E-state index contributed by atoms with van der Waals surface area (Å²) >= 11 is 0. The zero-order valence-electron chi connectivity index (χ0n) is 19.1. The average molecular weight is 456 g/mol. The second-order valence-electron chi connectivity index (χ2n) is 8.17. The second kappa shape index (κ2) is 9.06. The summed E-state index contributed by atoms with van der Waals surface area (Å²) in [7, 11) is 1.63. The van der Waals surface area contributed by atoms with Crippen LogP contribution in [0.1, 0.15) is 40.2 Å². The van der Waals surface area contributed by atoms with E-state index in [1.165, 1.54) is 0 Å². The molecule has 1 aromatic heterocycles. The highest BCUT2D eigenvalue weighted by molar-refractivity contribution is 5.99. The molecule has 0 spiro atoms. The fourth-order valence-electron chi connectivity index (χ4n) is 4.53. The maximum atomic E-state index is 13.6. The smallest absolute Gasteiger partial charge is 0.290 e. The summed E-state index contributed by atoms with van der Waals surface area (Å²) in [6.07, 6.45) is 0.624. The number of fused-ring (bicyclic) bond motifs is 2. The summed E-state index contributed by atoms with van der Waals surface area (Å²) in [5, 5.41) is 0.469. The van der Waals surface area contributed by atoms with Gasteiger partial charge in [-0.2, -0.15) is 0 Å². The van der Waals surface area contributed by atoms with Crippen molar-refractivity contribution < 1.29 is 18.7 Å². The molecular weight excluding hydrogens is 430 g/mol.